The van der Waals surface area contributed by atoms with E-state index in [1.54, 1.807) is 43.3 Å². The van der Waals surface area contributed by atoms with E-state index in [0.717, 1.165) is 25.7 Å². The highest BCUT2D eigenvalue weighted by Gasteiger charge is 2.47. The van der Waals surface area contributed by atoms with Gasteiger partial charge in [-0.1, -0.05) is 48.7 Å². The average Bonchev–Trinajstić information content (AvgIpc) is 2.96. The number of rotatable bonds is 5. The summed E-state index contributed by atoms with van der Waals surface area (Å²) in [7, 11) is -3.89. The molecule has 1 heterocycles. The average molecular weight is 447 g/mol. The van der Waals surface area contributed by atoms with Gasteiger partial charge in [0.1, 0.15) is 0 Å². The summed E-state index contributed by atoms with van der Waals surface area (Å²) in [5.41, 5.74) is 1.45. The highest BCUT2D eigenvalue weighted by Crippen LogP contribution is 2.38. The van der Waals surface area contributed by atoms with Crippen LogP contribution in [0.3, 0.4) is 0 Å². The zero-order valence-corrected chi connectivity index (χ0v) is 18.2. The maximum absolute atomic E-state index is 13.0. The van der Waals surface area contributed by atoms with E-state index in [-0.39, 0.29) is 40.8 Å². The molecule has 0 unspecified atom stereocenters. The number of imide groups is 1. The normalized spacial score (nSPS) is 21.6. The lowest BCUT2D eigenvalue weighted by Gasteiger charge is -2.19. The number of para-hydroxylation sites is 1. The quantitative estimate of drug-likeness (QED) is 0.700. The molecule has 30 heavy (non-hydrogen) atoms. The number of nitrogens with one attached hydrogen (secondary N) is 1. The van der Waals surface area contributed by atoms with Crippen LogP contribution in [0.5, 0.6) is 0 Å². The summed E-state index contributed by atoms with van der Waals surface area (Å²) in [6, 6.07) is 11.6. The largest absolute Gasteiger partial charge is 0.278 e. The summed E-state index contributed by atoms with van der Waals surface area (Å²) < 4.78 is 28.5. The molecular weight excluding hydrogens is 424 g/mol. The van der Waals surface area contributed by atoms with Crippen LogP contribution in [0.2, 0.25) is 5.02 Å². The SMILES string of the molecule is Cc1ccc(CN2C(=O)[C@@H]3CCCC[C@H]3C2=O)cc1S(=O)(=O)Nc1ccccc1Cl. The number of aryl methyl sites for hydroxylation is 1. The number of sulfonamides is 1. The van der Waals surface area contributed by atoms with Gasteiger partial charge >= 0.3 is 0 Å². The number of halogens is 1. The fraction of sp³-hybridized carbons (Fsp3) is 0.364. The molecule has 1 N–H and O–H groups in total. The summed E-state index contributed by atoms with van der Waals surface area (Å²) >= 11 is 6.09. The molecule has 6 nitrogen and oxygen atoms in total. The minimum atomic E-state index is -3.89. The van der Waals surface area contributed by atoms with Gasteiger partial charge in [-0.15, -0.1) is 0 Å². The molecule has 2 aromatic carbocycles. The zero-order chi connectivity index (χ0) is 21.5. The predicted octanol–water partition coefficient (Wildman–Crippen LogP) is 4.12. The van der Waals surface area contributed by atoms with Gasteiger partial charge < -0.3 is 0 Å². The van der Waals surface area contributed by atoms with Gasteiger partial charge in [0.2, 0.25) is 11.8 Å². The fourth-order valence-corrected chi connectivity index (χ4v) is 5.96. The van der Waals surface area contributed by atoms with Gasteiger partial charge in [-0.3, -0.25) is 19.2 Å². The Morgan fingerprint density at radius 3 is 2.30 bits per heavy atom. The molecule has 0 bridgehead atoms. The topological polar surface area (TPSA) is 83.6 Å². The second-order valence-corrected chi connectivity index (χ2v) is 10.0. The van der Waals surface area contributed by atoms with Crippen molar-refractivity contribution in [1.82, 2.24) is 4.90 Å². The van der Waals surface area contributed by atoms with Crippen LogP contribution in [0, 0.1) is 18.8 Å². The Labute approximate surface area is 181 Å². The third-order valence-electron chi connectivity index (χ3n) is 5.93. The monoisotopic (exact) mass is 446 g/mol. The number of fused-ring (bicyclic) bond motifs is 1. The van der Waals surface area contributed by atoms with E-state index in [0.29, 0.717) is 16.1 Å². The summed E-state index contributed by atoms with van der Waals surface area (Å²) in [5.74, 6) is -0.712. The van der Waals surface area contributed by atoms with E-state index in [4.69, 9.17) is 11.6 Å². The minimum absolute atomic E-state index is 0.0829. The van der Waals surface area contributed by atoms with Crippen molar-refractivity contribution in [3.05, 3.63) is 58.6 Å². The fourth-order valence-electron chi connectivity index (χ4n) is 4.35. The highest BCUT2D eigenvalue weighted by atomic mass is 35.5. The van der Waals surface area contributed by atoms with Gasteiger partial charge in [0, 0.05) is 0 Å². The third kappa shape index (κ3) is 3.84. The van der Waals surface area contributed by atoms with Gasteiger partial charge in [-0.25, -0.2) is 8.42 Å². The Balaban J connectivity index is 1.60. The van der Waals surface area contributed by atoms with Gasteiger partial charge in [-0.2, -0.15) is 0 Å². The number of carbonyl (C=O) groups excluding carboxylic acids is 2. The molecule has 2 aromatic rings. The standard InChI is InChI=1S/C22H23ClN2O4S/c1-14-10-11-15(13-25-21(26)16-6-2-3-7-17(16)22(25)27)12-20(14)30(28,29)24-19-9-5-4-8-18(19)23/h4-5,8-12,16-17,24H,2-3,6-7,13H2,1H3/t16-,17-/m1/s1. The van der Waals surface area contributed by atoms with Gasteiger partial charge in [0.25, 0.3) is 10.0 Å². The molecule has 2 aliphatic rings. The zero-order valence-electron chi connectivity index (χ0n) is 16.6. The lowest BCUT2D eigenvalue weighted by molar-refractivity contribution is -0.140. The smallest absolute Gasteiger partial charge is 0.262 e. The van der Waals surface area contributed by atoms with Crippen molar-refractivity contribution in [2.45, 2.75) is 44.0 Å². The molecule has 1 saturated carbocycles. The highest BCUT2D eigenvalue weighted by molar-refractivity contribution is 7.92. The molecule has 158 valence electrons. The second kappa shape index (κ2) is 8.04. The Bertz CT molecular complexity index is 1090. The number of amides is 2. The molecule has 2 atom stereocenters. The molecule has 2 fully saturated rings. The van der Waals surface area contributed by atoms with E-state index in [9.17, 15) is 18.0 Å². The van der Waals surface area contributed by atoms with Crippen molar-refractivity contribution in [2.24, 2.45) is 11.8 Å². The first kappa shape index (κ1) is 20.9. The number of nitrogens with zero attached hydrogens (tertiary/aromatic N) is 1. The van der Waals surface area contributed by atoms with Crippen LogP contribution >= 0.6 is 11.6 Å². The molecule has 0 spiro atoms. The number of hydrogen-bond acceptors (Lipinski definition) is 4. The van der Waals surface area contributed by atoms with Crippen LogP contribution in [0.1, 0.15) is 36.8 Å². The molecule has 1 aliphatic carbocycles. The molecule has 1 saturated heterocycles. The van der Waals surface area contributed by atoms with Crippen LogP contribution < -0.4 is 4.72 Å². The number of hydrogen-bond donors (Lipinski definition) is 1. The molecular formula is C22H23ClN2O4S. The first-order chi connectivity index (χ1) is 14.3. The molecule has 0 aromatic heterocycles. The lowest BCUT2D eigenvalue weighted by Crippen LogP contribution is -2.30. The molecule has 2 amide bonds. The summed E-state index contributed by atoms with van der Waals surface area (Å²) in [6.07, 6.45) is 3.44. The Hall–Kier alpha value is -2.38. The minimum Gasteiger partial charge on any atom is -0.278 e. The number of carbonyl (C=O) groups is 2. The van der Waals surface area contributed by atoms with Crippen molar-refractivity contribution >= 4 is 39.1 Å². The second-order valence-electron chi connectivity index (χ2n) is 7.95. The van der Waals surface area contributed by atoms with Crippen LogP contribution in [0.4, 0.5) is 5.69 Å². The molecule has 1 aliphatic heterocycles. The molecule has 8 heteroatoms. The lowest BCUT2D eigenvalue weighted by atomic mass is 9.81. The maximum Gasteiger partial charge on any atom is 0.262 e. The third-order valence-corrected chi connectivity index (χ3v) is 7.77. The van der Waals surface area contributed by atoms with Crippen molar-refractivity contribution in [3.8, 4) is 0 Å². The number of likely N-dealkylation sites (tertiary alicyclic amines) is 1. The Kier molecular flexibility index (Phi) is 5.59. The van der Waals surface area contributed by atoms with Crippen LogP contribution in [0.25, 0.3) is 0 Å². The molecule has 0 radical (unpaired) electrons. The number of anilines is 1. The predicted molar refractivity (Wildman–Crippen MR) is 114 cm³/mol. The van der Waals surface area contributed by atoms with Crippen molar-refractivity contribution < 1.29 is 18.0 Å². The van der Waals surface area contributed by atoms with Crippen molar-refractivity contribution in [3.63, 3.8) is 0 Å². The summed E-state index contributed by atoms with van der Waals surface area (Å²) in [5, 5.41) is 0.297. The van der Waals surface area contributed by atoms with Crippen molar-refractivity contribution in [2.75, 3.05) is 4.72 Å². The first-order valence-corrected chi connectivity index (χ1v) is 11.9. The summed E-state index contributed by atoms with van der Waals surface area (Å²) in [6.45, 7) is 1.78. The van der Waals surface area contributed by atoms with Crippen molar-refractivity contribution in [1.29, 1.82) is 0 Å². The van der Waals surface area contributed by atoms with E-state index < -0.39 is 10.0 Å². The van der Waals surface area contributed by atoms with E-state index in [1.165, 1.54) is 11.0 Å². The van der Waals surface area contributed by atoms with Crippen LogP contribution in [-0.2, 0) is 26.2 Å². The van der Waals surface area contributed by atoms with Crippen LogP contribution in [-0.4, -0.2) is 25.1 Å². The van der Waals surface area contributed by atoms with Gasteiger partial charge in [0.15, 0.2) is 0 Å². The first-order valence-electron chi connectivity index (χ1n) is 10.00. The Morgan fingerprint density at radius 1 is 1.03 bits per heavy atom. The van der Waals surface area contributed by atoms with Gasteiger partial charge in [-0.05, 0) is 49.1 Å². The Morgan fingerprint density at radius 2 is 1.67 bits per heavy atom. The maximum atomic E-state index is 13.0. The summed E-state index contributed by atoms with van der Waals surface area (Å²) in [4.78, 5) is 26.9. The molecule has 4 rings (SSSR count). The van der Waals surface area contributed by atoms with E-state index in [2.05, 4.69) is 4.72 Å². The number of benzene rings is 2. The van der Waals surface area contributed by atoms with Gasteiger partial charge in [0.05, 0.1) is 34.0 Å². The van der Waals surface area contributed by atoms with Crippen LogP contribution in [0.15, 0.2) is 47.4 Å². The van der Waals surface area contributed by atoms with E-state index in [1.807, 2.05) is 0 Å². The van der Waals surface area contributed by atoms with E-state index >= 15 is 0 Å².